The van der Waals surface area contributed by atoms with E-state index in [1.165, 1.54) is 36.0 Å². The van der Waals surface area contributed by atoms with Crippen LogP contribution in [0.2, 0.25) is 0 Å². The summed E-state index contributed by atoms with van der Waals surface area (Å²) in [5.41, 5.74) is 16.1. The number of nitroso groups, excluding NO2 is 1. The van der Waals surface area contributed by atoms with Gasteiger partial charge in [-0.25, -0.2) is 0 Å². The highest BCUT2D eigenvalue weighted by molar-refractivity contribution is 5.85. The third kappa shape index (κ3) is 10.5. The number of rotatable bonds is 17. The second kappa shape index (κ2) is 21.4. The maximum atomic E-state index is 12.1. The van der Waals surface area contributed by atoms with E-state index < -0.39 is 0 Å². The average molecular weight is 918 g/mol. The minimum absolute atomic E-state index is 0.109. The van der Waals surface area contributed by atoms with Gasteiger partial charge in [0.1, 0.15) is 11.4 Å². The summed E-state index contributed by atoms with van der Waals surface area (Å²) < 4.78 is 13.1. The highest BCUT2D eigenvalue weighted by atomic mass is 16.7. The third-order valence-corrected chi connectivity index (χ3v) is 14.5. The smallest absolute Gasteiger partial charge is 0.197 e. The van der Waals surface area contributed by atoms with E-state index in [-0.39, 0.29) is 47.9 Å². The van der Waals surface area contributed by atoms with Gasteiger partial charge in [-0.1, -0.05) is 135 Å². The zero-order chi connectivity index (χ0) is 49.1. The van der Waals surface area contributed by atoms with Gasteiger partial charge in [-0.15, -0.1) is 4.91 Å². The Bertz CT molecular complexity index is 2770. The summed E-state index contributed by atoms with van der Waals surface area (Å²) in [7, 11) is 0. The Morgan fingerprint density at radius 3 is 1.25 bits per heavy atom. The zero-order valence-electron chi connectivity index (χ0n) is 42.9. The van der Waals surface area contributed by atoms with Crippen molar-refractivity contribution < 1.29 is 19.1 Å². The van der Waals surface area contributed by atoms with Crippen LogP contribution >= 0.6 is 0 Å². The molecule has 0 radical (unpaired) electrons. The predicted octanol–water partition coefficient (Wildman–Crippen LogP) is 15.9. The molecule has 8 heteroatoms. The van der Waals surface area contributed by atoms with Crippen LogP contribution in [0.5, 0.6) is 17.2 Å². The molecule has 1 saturated carbocycles. The van der Waals surface area contributed by atoms with E-state index in [9.17, 15) is 4.91 Å². The Hall–Kier alpha value is -5.54. The van der Waals surface area contributed by atoms with Gasteiger partial charge in [0.05, 0.1) is 6.10 Å². The topological polar surface area (TPSA) is 118 Å². The number of aryl methyl sites for hydroxylation is 4. The summed E-state index contributed by atoms with van der Waals surface area (Å²) in [6, 6.07) is 31.3. The summed E-state index contributed by atoms with van der Waals surface area (Å²) >= 11 is 0. The summed E-state index contributed by atoms with van der Waals surface area (Å²) in [6.07, 6.45) is 5.78. The highest BCUT2D eigenvalue weighted by Gasteiger charge is 2.29. The lowest BCUT2D eigenvalue weighted by Gasteiger charge is -2.29. The van der Waals surface area contributed by atoms with Gasteiger partial charge in [-0.3, -0.25) is 0 Å². The maximum Gasteiger partial charge on any atom is 0.197 e. The van der Waals surface area contributed by atoms with Crippen molar-refractivity contribution in [2.75, 3.05) is 0 Å². The Labute approximate surface area is 406 Å². The summed E-state index contributed by atoms with van der Waals surface area (Å²) in [6.45, 7) is 28.0. The van der Waals surface area contributed by atoms with Gasteiger partial charge in [0.15, 0.2) is 17.8 Å². The molecule has 3 unspecified atom stereocenters. The minimum Gasteiger partial charge on any atom is -0.465 e. The molecule has 0 spiro atoms. The lowest BCUT2D eigenvalue weighted by atomic mass is 9.77. The molecule has 0 aliphatic heterocycles. The quantitative estimate of drug-likeness (QED) is 0.0405. The van der Waals surface area contributed by atoms with Crippen LogP contribution in [-0.2, 0) is 4.74 Å². The normalized spacial score (nSPS) is 14.8. The molecule has 0 aromatic heterocycles. The summed E-state index contributed by atoms with van der Waals surface area (Å²) in [4.78, 5) is 23.0. The van der Waals surface area contributed by atoms with Crippen molar-refractivity contribution in [1.29, 1.82) is 0 Å². The molecular formula is C60H75N3O5. The number of hydrogen-bond acceptors (Lipinski definition) is 8. The number of nitrogens with two attached hydrogens (primary N) is 2. The van der Waals surface area contributed by atoms with Crippen LogP contribution in [0.15, 0.2) is 90.1 Å². The molecule has 6 aromatic carbocycles. The highest BCUT2D eigenvalue weighted by Crippen LogP contribution is 2.46. The first-order valence-corrected chi connectivity index (χ1v) is 24.9. The van der Waals surface area contributed by atoms with Crippen molar-refractivity contribution in [2.24, 2.45) is 17.0 Å². The number of nitrogens with zero attached hydrogens (tertiary/aromatic N) is 1. The van der Waals surface area contributed by atoms with Crippen molar-refractivity contribution in [3.8, 4) is 17.2 Å². The molecule has 0 amide bonds. The van der Waals surface area contributed by atoms with E-state index in [0.29, 0.717) is 17.2 Å². The molecule has 7 rings (SSSR count). The molecule has 0 bridgehead atoms. The van der Waals surface area contributed by atoms with Gasteiger partial charge in [0, 0.05) is 11.8 Å². The number of hydrogen-bond donors (Lipinski definition) is 2. The molecule has 1 fully saturated rings. The Morgan fingerprint density at radius 2 is 0.853 bits per heavy atom. The van der Waals surface area contributed by atoms with Gasteiger partial charge in [-0.05, 0) is 189 Å². The average Bonchev–Trinajstić information content (AvgIpc) is 3.30. The first-order chi connectivity index (χ1) is 32.4. The maximum absolute atomic E-state index is 12.1. The molecule has 4 N–H and O–H groups in total. The van der Waals surface area contributed by atoms with Crippen molar-refractivity contribution in [1.82, 2.24) is 0 Å². The van der Waals surface area contributed by atoms with Crippen LogP contribution in [0.4, 0.5) is 5.69 Å². The van der Waals surface area contributed by atoms with Crippen molar-refractivity contribution in [3.05, 3.63) is 168 Å². The molecule has 8 nitrogen and oxygen atoms in total. The Kier molecular flexibility index (Phi) is 15.8. The minimum atomic E-state index is -0.351. The van der Waals surface area contributed by atoms with Crippen LogP contribution < -0.4 is 26.2 Å². The molecule has 3 atom stereocenters. The van der Waals surface area contributed by atoms with Gasteiger partial charge in [0.25, 0.3) is 0 Å². The van der Waals surface area contributed by atoms with Crippen LogP contribution in [0.1, 0.15) is 208 Å². The summed E-state index contributed by atoms with van der Waals surface area (Å²) in [5.74, 6) is 14.4. The Balaban J connectivity index is 1.40. The van der Waals surface area contributed by atoms with Crippen molar-refractivity contribution in [2.45, 2.75) is 170 Å². The molecule has 6 aromatic rings. The van der Waals surface area contributed by atoms with Gasteiger partial charge in [-0.2, -0.15) is 11.8 Å². The second-order valence-electron chi connectivity index (χ2n) is 20.8. The molecule has 1 aliphatic carbocycles. The number of ether oxygens (including phenoxy) is 2. The number of fused-ring (bicyclic) bond motifs is 1. The molecular weight excluding hydrogens is 843 g/mol. The fourth-order valence-electron chi connectivity index (χ4n) is 10.7. The van der Waals surface area contributed by atoms with E-state index >= 15 is 0 Å². The predicted molar refractivity (Wildman–Crippen MR) is 280 cm³/mol. The third-order valence-electron chi connectivity index (χ3n) is 14.5. The SMILES string of the molecule is Cc1cc(N=O)c(C(C)C)cc1C(c1ccc2cc(C(c3cc(C(C)C)c(ON)cc3C)c3cc(C(C)C)c(OC(C)OC4CCCCC4)cc3C)ccc2c1)c1cc(C(C)C)c(ON)cc1C. The van der Waals surface area contributed by atoms with E-state index in [0.717, 1.165) is 90.6 Å². The molecule has 360 valence electrons. The first-order valence-electron chi connectivity index (χ1n) is 24.9. The van der Waals surface area contributed by atoms with Crippen LogP contribution in [-0.4, -0.2) is 12.4 Å². The molecule has 1 aliphatic rings. The fourth-order valence-corrected chi connectivity index (χ4v) is 10.7. The molecule has 0 saturated heterocycles. The van der Waals surface area contributed by atoms with Crippen molar-refractivity contribution in [3.63, 3.8) is 0 Å². The van der Waals surface area contributed by atoms with Gasteiger partial charge < -0.3 is 19.1 Å². The first kappa shape index (κ1) is 50.3. The Morgan fingerprint density at radius 1 is 0.471 bits per heavy atom. The largest absolute Gasteiger partial charge is 0.465 e. The van der Waals surface area contributed by atoms with E-state index in [1.54, 1.807) is 0 Å². The van der Waals surface area contributed by atoms with E-state index in [1.807, 2.05) is 13.0 Å². The zero-order valence-corrected chi connectivity index (χ0v) is 42.9. The van der Waals surface area contributed by atoms with E-state index in [2.05, 4.69) is 167 Å². The van der Waals surface area contributed by atoms with Gasteiger partial charge in [0.2, 0.25) is 0 Å². The molecule has 68 heavy (non-hydrogen) atoms. The monoisotopic (exact) mass is 918 g/mol. The second-order valence-corrected chi connectivity index (χ2v) is 20.8. The fraction of sp³-hybridized carbons (Fsp3) is 0.433. The van der Waals surface area contributed by atoms with Crippen LogP contribution in [0.25, 0.3) is 10.8 Å². The standard InChI is InChI=1S/C60H75N3O5/c1-33(2)47-29-51(37(9)23-55(47)63-64)59(53-31-49(35(5)6)57(67-61)25-39(53)11)44-21-19-43-28-45(22-20-42(43)27-44)60(54-32-50(36(7)8)58(68-62)26-40(54)12)52-30-48(34(3)4)56(24-38(52)10)66-41(13)65-46-17-15-14-16-18-46/h19-36,41,46,59-60H,14-18,61-62H2,1-13H3. The van der Waals surface area contributed by atoms with E-state index in [4.69, 9.17) is 30.9 Å². The summed E-state index contributed by atoms with van der Waals surface area (Å²) in [5, 5.41) is 5.73. The number of benzene rings is 6. The lowest BCUT2D eigenvalue weighted by molar-refractivity contribution is -0.117. The van der Waals surface area contributed by atoms with Crippen molar-refractivity contribution >= 4 is 16.5 Å². The lowest BCUT2D eigenvalue weighted by Crippen LogP contribution is -2.26. The molecule has 0 heterocycles. The van der Waals surface area contributed by atoms with Crippen LogP contribution in [0, 0.1) is 32.6 Å². The van der Waals surface area contributed by atoms with Gasteiger partial charge >= 0.3 is 0 Å². The van der Waals surface area contributed by atoms with Crippen LogP contribution in [0.3, 0.4) is 0 Å².